The van der Waals surface area contributed by atoms with Crippen LogP contribution in [0.1, 0.15) is 41.0 Å². The molecule has 0 aliphatic heterocycles. The maximum Gasteiger partial charge on any atom is 0.407 e. The SMILES string of the molecule is CC(C)C[C@@H](COc1cncc(Br)c1)NC(=O)OC(C)(C)C. The Morgan fingerprint density at radius 1 is 1.36 bits per heavy atom. The van der Waals surface area contributed by atoms with Gasteiger partial charge in [0.1, 0.15) is 18.0 Å². The number of alkyl carbamates (subject to hydrolysis) is 1. The van der Waals surface area contributed by atoms with Crippen LogP contribution in [0.4, 0.5) is 4.79 Å². The number of aromatic nitrogens is 1. The highest BCUT2D eigenvalue weighted by Crippen LogP contribution is 2.17. The quantitative estimate of drug-likeness (QED) is 0.813. The molecule has 1 aromatic rings. The average molecular weight is 373 g/mol. The summed E-state index contributed by atoms with van der Waals surface area (Å²) in [7, 11) is 0. The third kappa shape index (κ3) is 8.22. The molecule has 1 N–H and O–H groups in total. The predicted octanol–water partition coefficient (Wildman–Crippen LogP) is 4.16. The second kappa shape index (κ2) is 8.36. The number of carbonyl (C=O) groups is 1. The van der Waals surface area contributed by atoms with Crippen LogP contribution in [0.15, 0.2) is 22.9 Å². The summed E-state index contributed by atoms with van der Waals surface area (Å²) in [4.78, 5) is 16.0. The highest BCUT2D eigenvalue weighted by atomic mass is 79.9. The van der Waals surface area contributed by atoms with Crippen molar-refractivity contribution in [1.82, 2.24) is 10.3 Å². The molecule has 1 amide bonds. The number of carbonyl (C=O) groups excluding carboxylic acids is 1. The Morgan fingerprint density at radius 2 is 2.05 bits per heavy atom. The third-order valence-electron chi connectivity index (χ3n) is 2.61. The molecule has 5 nitrogen and oxygen atoms in total. The number of hydrogen-bond acceptors (Lipinski definition) is 4. The van der Waals surface area contributed by atoms with Crippen LogP contribution in [0.3, 0.4) is 0 Å². The first-order chi connectivity index (χ1) is 10.2. The van der Waals surface area contributed by atoms with Crippen LogP contribution in [0.2, 0.25) is 0 Å². The zero-order valence-corrected chi connectivity index (χ0v) is 15.4. The Labute approximate surface area is 140 Å². The van der Waals surface area contributed by atoms with Gasteiger partial charge in [-0.05, 0) is 55.1 Å². The fourth-order valence-electron chi connectivity index (χ4n) is 1.88. The van der Waals surface area contributed by atoms with E-state index < -0.39 is 11.7 Å². The van der Waals surface area contributed by atoms with Crippen molar-refractivity contribution in [3.8, 4) is 5.75 Å². The van der Waals surface area contributed by atoms with Crippen molar-refractivity contribution in [2.75, 3.05) is 6.61 Å². The van der Waals surface area contributed by atoms with Crippen LogP contribution in [-0.2, 0) is 4.74 Å². The van der Waals surface area contributed by atoms with Crippen molar-refractivity contribution in [3.05, 3.63) is 22.9 Å². The third-order valence-corrected chi connectivity index (χ3v) is 3.04. The Balaban J connectivity index is 2.58. The molecule has 0 fully saturated rings. The minimum absolute atomic E-state index is 0.117. The molecule has 0 saturated carbocycles. The second-order valence-electron chi connectivity index (χ2n) is 6.62. The van der Waals surface area contributed by atoms with E-state index in [1.807, 2.05) is 26.8 Å². The number of nitrogens with zero attached hydrogens (tertiary/aromatic N) is 1. The molecule has 0 bridgehead atoms. The Bertz CT molecular complexity index is 487. The summed E-state index contributed by atoms with van der Waals surface area (Å²) in [5.41, 5.74) is -0.512. The molecule has 0 aliphatic carbocycles. The molecule has 0 aliphatic rings. The fourth-order valence-corrected chi connectivity index (χ4v) is 2.22. The van der Waals surface area contributed by atoms with E-state index in [0.717, 1.165) is 10.9 Å². The molecular formula is C16H25BrN2O3. The van der Waals surface area contributed by atoms with E-state index in [-0.39, 0.29) is 6.04 Å². The molecule has 0 saturated heterocycles. The van der Waals surface area contributed by atoms with Crippen molar-refractivity contribution >= 4 is 22.0 Å². The summed E-state index contributed by atoms with van der Waals surface area (Å²) in [5.74, 6) is 1.10. The van der Waals surface area contributed by atoms with Crippen LogP contribution < -0.4 is 10.1 Å². The zero-order chi connectivity index (χ0) is 16.8. The van der Waals surface area contributed by atoms with E-state index in [9.17, 15) is 4.79 Å². The lowest BCUT2D eigenvalue weighted by molar-refractivity contribution is 0.0480. The van der Waals surface area contributed by atoms with Gasteiger partial charge in [-0.2, -0.15) is 0 Å². The summed E-state index contributed by atoms with van der Waals surface area (Å²) in [6.07, 6.45) is 3.72. The van der Waals surface area contributed by atoms with E-state index in [0.29, 0.717) is 18.3 Å². The molecule has 1 atom stereocenters. The number of rotatable bonds is 6. The van der Waals surface area contributed by atoms with Crippen molar-refractivity contribution in [2.24, 2.45) is 5.92 Å². The summed E-state index contributed by atoms with van der Waals surface area (Å²) < 4.78 is 11.9. The summed E-state index contributed by atoms with van der Waals surface area (Å²) >= 11 is 3.35. The lowest BCUT2D eigenvalue weighted by Crippen LogP contribution is -2.42. The average Bonchev–Trinajstić information content (AvgIpc) is 2.33. The number of hydrogen-bond donors (Lipinski definition) is 1. The second-order valence-corrected chi connectivity index (χ2v) is 7.54. The number of amides is 1. The van der Waals surface area contributed by atoms with Gasteiger partial charge in [0.2, 0.25) is 0 Å². The van der Waals surface area contributed by atoms with Gasteiger partial charge in [-0.1, -0.05) is 13.8 Å². The fraction of sp³-hybridized carbons (Fsp3) is 0.625. The van der Waals surface area contributed by atoms with Crippen LogP contribution >= 0.6 is 15.9 Å². The highest BCUT2D eigenvalue weighted by Gasteiger charge is 2.20. The maximum absolute atomic E-state index is 11.9. The molecule has 22 heavy (non-hydrogen) atoms. The Hall–Kier alpha value is -1.30. The van der Waals surface area contributed by atoms with Gasteiger partial charge in [0, 0.05) is 10.7 Å². The largest absolute Gasteiger partial charge is 0.490 e. The Morgan fingerprint density at radius 3 is 2.59 bits per heavy atom. The monoisotopic (exact) mass is 372 g/mol. The number of pyridine rings is 1. The molecule has 6 heteroatoms. The van der Waals surface area contributed by atoms with Crippen molar-refractivity contribution < 1.29 is 14.3 Å². The van der Waals surface area contributed by atoms with Gasteiger partial charge >= 0.3 is 6.09 Å². The number of halogens is 1. The topological polar surface area (TPSA) is 60.5 Å². The van der Waals surface area contributed by atoms with Gasteiger partial charge in [0.15, 0.2) is 0 Å². The Kier molecular flexibility index (Phi) is 7.13. The standard InChI is InChI=1S/C16H25BrN2O3/c1-11(2)6-13(19-15(20)22-16(3,4)5)10-21-14-7-12(17)8-18-9-14/h7-9,11,13H,6,10H2,1-5H3,(H,19,20)/t13-/m0/s1. The van der Waals surface area contributed by atoms with Gasteiger partial charge in [0.05, 0.1) is 12.2 Å². The molecular weight excluding hydrogens is 348 g/mol. The molecule has 124 valence electrons. The van der Waals surface area contributed by atoms with E-state index in [1.165, 1.54) is 0 Å². The smallest absolute Gasteiger partial charge is 0.407 e. The first-order valence-electron chi connectivity index (χ1n) is 7.38. The van der Waals surface area contributed by atoms with E-state index in [2.05, 4.69) is 40.1 Å². The molecule has 1 heterocycles. The first-order valence-corrected chi connectivity index (χ1v) is 8.18. The molecule has 0 aromatic carbocycles. The summed E-state index contributed by atoms with van der Waals surface area (Å²) in [5, 5.41) is 2.87. The first kappa shape index (κ1) is 18.7. The van der Waals surface area contributed by atoms with Gasteiger partial charge in [-0.3, -0.25) is 4.98 Å². The molecule has 1 aromatic heterocycles. The molecule has 0 radical (unpaired) electrons. The van der Waals surface area contributed by atoms with Crippen LogP contribution in [0, 0.1) is 5.92 Å². The molecule has 0 spiro atoms. The minimum atomic E-state index is -0.512. The van der Waals surface area contributed by atoms with E-state index in [4.69, 9.17) is 9.47 Å². The predicted molar refractivity (Wildman–Crippen MR) is 90.0 cm³/mol. The summed E-state index contributed by atoms with van der Waals surface area (Å²) in [6, 6.07) is 1.72. The minimum Gasteiger partial charge on any atom is -0.490 e. The van der Waals surface area contributed by atoms with Gasteiger partial charge < -0.3 is 14.8 Å². The molecule has 0 unspecified atom stereocenters. The van der Waals surface area contributed by atoms with Gasteiger partial charge in [-0.25, -0.2) is 4.79 Å². The highest BCUT2D eigenvalue weighted by molar-refractivity contribution is 9.10. The maximum atomic E-state index is 11.9. The lowest BCUT2D eigenvalue weighted by atomic mass is 10.0. The molecule has 1 rings (SSSR count). The zero-order valence-electron chi connectivity index (χ0n) is 13.9. The van der Waals surface area contributed by atoms with Crippen LogP contribution in [0.5, 0.6) is 5.75 Å². The van der Waals surface area contributed by atoms with Gasteiger partial charge in [-0.15, -0.1) is 0 Å². The van der Waals surface area contributed by atoms with Crippen LogP contribution in [0.25, 0.3) is 0 Å². The van der Waals surface area contributed by atoms with Crippen LogP contribution in [-0.4, -0.2) is 29.3 Å². The van der Waals surface area contributed by atoms with Crippen molar-refractivity contribution in [1.29, 1.82) is 0 Å². The van der Waals surface area contributed by atoms with E-state index in [1.54, 1.807) is 12.4 Å². The van der Waals surface area contributed by atoms with E-state index >= 15 is 0 Å². The van der Waals surface area contributed by atoms with Crippen molar-refractivity contribution in [2.45, 2.75) is 52.7 Å². The normalized spacial score (nSPS) is 12.9. The lowest BCUT2D eigenvalue weighted by Gasteiger charge is -2.24. The van der Waals surface area contributed by atoms with Gasteiger partial charge in [0.25, 0.3) is 0 Å². The number of nitrogens with one attached hydrogen (secondary N) is 1. The van der Waals surface area contributed by atoms with Crippen molar-refractivity contribution in [3.63, 3.8) is 0 Å². The number of ether oxygens (including phenoxy) is 2. The summed E-state index contributed by atoms with van der Waals surface area (Å²) in [6.45, 7) is 10.1.